The summed E-state index contributed by atoms with van der Waals surface area (Å²) in [6.45, 7) is -0.144. The van der Waals surface area contributed by atoms with E-state index in [0.29, 0.717) is 11.8 Å². The highest BCUT2D eigenvalue weighted by atomic mass is 35.5. The van der Waals surface area contributed by atoms with Gasteiger partial charge in [0.15, 0.2) is 0 Å². The van der Waals surface area contributed by atoms with Crippen LogP contribution in [0, 0.1) is 0 Å². The number of amides is 1. The standard InChI is InChI=1S/C18H18ClNO5/c19-15-7-6-13(10-21)8-14(15)17(23)16(22)9-20-18(24)25-11-12-4-2-1-3-5-12/h1-8,10,16-17,22-23H,9,11H2,(H,20,24). The minimum Gasteiger partial charge on any atom is -0.445 e. The van der Waals surface area contributed by atoms with Gasteiger partial charge in [0.2, 0.25) is 0 Å². The molecule has 0 aliphatic heterocycles. The second kappa shape index (κ2) is 9.17. The van der Waals surface area contributed by atoms with E-state index in [-0.39, 0.29) is 23.7 Å². The molecule has 132 valence electrons. The molecular weight excluding hydrogens is 346 g/mol. The molecule has 2 rings (SSSR count). The van der Waals surface area contributed by atoms with Gasteiger partial charge in [-0.25, -0.2) is 4.79 Å². The Morgan fingerprint density at radius 2 is 1.92 bits per heavy atom. The molecule has 0 saturated carbocycles. The number of rotatable bonds is 7. The number of aliphatic hydroxyl groups excluding tert-OH is 2. The summed E-state index contributed by atoms with van der Waals surface area (Å²) < 4.78 is 5.01. The Hall–Kier alpha value is -2.41. The van der Waals surface area contributed by atoms with Gasteiger partial charge in [0.25, 0.3) is 0 Å². The van der Waals surface area contributed by atoms with E-state index in [1.807, 2.05) is 30.3 Å². The number of benzene rings is 2. The van der Waals surface area contributed by atoms with Crippen LogP contribution in [0.3, 0.4) is 0 Å². The maximum atomic E-state index is 11.6. The lowest BCUT2D eigenvalue weighted by Crippen LogP contribution is -2.35. The van der Waals surface area contributed by atoms with Crippen LogP contribution in [0.2, 0.25) is 5.02 Å². The number of aldehydes is 1. The van der Waals surface area contributed by atoms with Gasteiger partial charge in [-0.05, 0) is 17.7 Å². The molecule has 0 aliphatic rings. The lowest BCUT2D eigenvalue weighted by atomic mass is 10.0. The molecule has 0 fully saturated rings. The van der Waals surface area contributed by atoms with E-state index in [0.717, 1.165) is 5.56 Å². The first-order valence-corrected chi connectivity index (χ1v) is 7.94. The van der Waals surface area contributed by atoms with Gasteiger partial charge in [-0.15, -0.1) is 0 Å². The van der Waals surface area contributed by atoms with Crippen molar-refractivity contribution in [1.82, 2.24) is 5.32 Å². The van der Waals surface area contributed by atoms with Crippen LogP contribution in [0.15, 0.2) is 48.5 Å². The molecule has 0 bridgehead atoms. The van der Waals surface area contributed by atoms with Crippen LogP contribution in [0.4, 0.5) is 4.79 Å². The molecular formula is C18H18ClNO5. The molecule has 6 nitrogen and oxygen atoms in total. The van der Waals surface area contributed by atoms with E-state index in [1.54, 1.807) is 0 Å². The van der Waals surface area contributed by atoms with Crippen LogP contribution in [0.1, 0.15) is 27.6 Å². The van der Waals surface area contributed by atoms with Gasteiger partial charge in [-0.2, -0.15) is 0 Å². The topological polar surface area (TPSA) is 95.9 Å². The van der Waals surface area contributed by atoms with Gasteiger partial charge in [0, 0.05) is 22.7 Å². The van der Waals surface area contributed by atoms with Crippen molar-refractivity contribution >= 4 is 24.0 Å². The number of carbonyl (C=O) groups is 2. The Balaban J connectivity index is 1.85. The molecule has 0 aromatic heterocycles. The zero-order valence-corrected chi connectivity index (χ0v) is 14.0. The van der Waals surface area contributed by atoms with Gasteiger partial charge in [-0.3, -0.25) is 4.79 Å². The molecule has 0 radical (unpaired) electrons. The monoisotopic (exact) mass is 363 g/mol. The van der Waals surface area contributed by atoms with Crippen molar-refractivity contribution < 1.29 is 24.5 Å². The van der Waals surface area contributed by atoms with Gasteiger partial charge < -0.3 is 20.3 Å². The molecule has 2 unspecified atom stereocenters. The van der Waals surface area contributed by atoms with Crippen LogP contribution in [0.25, 0.3) is 0 Å². The number of nitrogens with one attached hydrogen (secondary N) is 1. The molecule has 3 N–H and O–H groups in total. The summed E-state index contributed by atoms with van der Waals surface area (Å²) in [5, 5.41) is 22.8. The van der Waals surface area contributed by atoms with Crippen molar-refractivity contribution in [2.45, 2.75) is 18.8 Å². The van der Waals surface area contributed by atoms with Crippen LogP contribution in [0.5, 0.6) is 0 Å². The van der Waals surface area contributed by atoms with E-state index in [1.165, 1.54) is 18.2 Å². The zero-order chi connectivity index (χ0) is 18.2. The Morgan fingerprint density at radius 1 is 1.20 bits per heavy atom. The highest BCUT2D eigenvalue weighted by molar-refractivity contribution is 6.31. The fourth-order valence-corrected chi connectivity index (χ4v) is 2.37. The molecule has 25 heavy (non-hydrogen) atoms. The molecule has 2 aromatic carbocycles. The van der Waals surface area contributed by atoms with Crippen molar-refractivity contribution in [3.63, 3.8) is 0 Å². The first kappa shape index (κ1) is 18.9. The Bertz CT molecular complexity index is 723. The number of ether oxygens (including phenoxy) is 1. The summed E-state index contributed by atoms with van der Waals surface area (Å²) in [7, 11) is 0. The average Bonchev–Trinajstić information content (AvgIpc) is 2.65. The lowest BCUT2D eigenvalue weighted by Gasteiger charge is -2.20. The number of carbonyl (C=O) groups excluding carboxylic acids is 2. The van der Waals surface area contributed by atoms with E-state index in [9.17, 15) is 19.8 Å². The second-order valence-corrected chi connectivity index (χ2v) is 5.76. The van der Waals surface area contributed by atoms with E-state index in [2.05, 4.69) is 5.32 Å². The van der Waals surface area contributed by atoms with E-state index in [4.69, 9.17) is 16.3 Å². The molecule has 2 atom stereocenters. The van der Waals surface area contributed by atoms with Gasteiger partial charge in [0.05, 0.1) is 0 Å². The summed E-state index contributed by atoms with van der Waals surface area (Å²) in [5.74, 6) is 0. The first-order valence-electron chi connectivity index (χ1n) is 7.56. The number of hydrogen-bond donors (Lipinski definition) is 3. The molecule has 0 spiro atoms. The maximum absolute atomic E-state index is 11.6. The molecule has 1 amide bonds. The fourth-order valence-electron chi connectivity index (χ4n) is 2.14. The number of hydrogen-bond acceptors (Lipinski definition) is 5. The summed E-state index contributed by atoms with van der Waals surface area (Å²) in [4.78, 5) is 22.5. The van der Waals surface area contributed by atoms with Gasteiger partial charge in [-0.1, -0.05) is 48.0 Å². The van der Waals surface area contributed by atoms with Crippen LogP contribution in [-0.4, -0.2) is 35.2 Å². The Kier molecular flexibility index (Phi) is 6.94. The van der Waals surface area contributed by atoms with Crippen LogP contribution >= 0.6 is 11.6 Å². The third kappa shape index (κ3) is 5.56. The molecule has 0 saturated heterocycles. The highest BCUT2D eigenvalue weighted by Crippen LogP contribution is 2.26. The van der Waals surface area contributed by atoms with Crippen molar-refractivity contribution in [1.29, 1.82) is 0 Å². The maximum Gasteiger partial charge on any atom is 0.407 e. The third-order valence-corrected chi connectivity index (χ3v) is 3.85. The largest absolute Gasteiger partial charge is 0.445 e. The molecule has 7 heteroatoms. The van der Waals surface area contributed by atoms with Gasteiger partial charge >= 0.3 is 6.09 Å². The lowest BCUT2D eigenvalue weighted by molar-refractivity contribution is 0.0184. The van der Waals surface area contributed by atoms with E-state index >= 15 is 0 Å². The predicted octanol–water partition coefficient (Wildman–Crippen LogP) is 2.47. The minimum atomic E-state index is -1.36. The Labute approximate surface area is 150 Å². The normalized spacial score (nSPS) is 12.9. The van der Waals surface area contributed by atoms with Crippen molar-refractivity contribution in [2.75, 3.05) is 6.54 Å². The van der Waals surface area contributed by atoms with E-state index < -0.39 is 18.3 Å². The summed E-state index contributed by atoms with van der Waals surface area (Å²) in [6, 6.07) is 13.5. The van der Waals surface area contributed by atoms with Crippen molar-refractivity contribution in [3.8, 4) is 0 Å². The van der Waals surface area contributed by atoms with Crippen molar-refractivity contribution in [3.05, 3.63) is 70.2 Å². The minimum absolute atomic E-state index is 0.0958. The predicted molar refractivity (Wildman–Crippen MR) is 92.4 cm³/mol. The zero-order valence-electron chi connectivity index (χ0n) is 13.3. The Morgan fingerprint density at radius 3 is 2.60 bits per heavy atom. The highest BCUT2D eigenvalue weighted by Gasteiger charge is 2.22. The first-order chi connectivity index (χ1) is 12.0. The number of alkyl carbamates (subject to hydrolysis) is 1. The summed E-state index contributed by atoms with van der Waals surface area (Å²) in [6.07, 6.45) is -2.79. The molecule has 2 aromatic rings. The van der Waals surface area contributed by atoms with Crippen LogP contribution in [-0.2, 0) is 11.3 Å². The molecule has 0 heterocycles. The summed E-state index contributed by atoms with van der Waals surface area (Å²) >= 11 is 5.97. The number of aliphatic hydroxyl groups is 2. The number of halogens is 1. The van der Waals surface area contributed by atoms with Gasteiger partial charge in [0.1, 0.15) is 25.1 Å². The quantitative estimate of drug-likeness (QED) is 0.657. The van der Waals surface area contributed by atoms with Crippen molar-refractivity contribution in [2.24, 2.45) is 0 Å². The fraction of sp³-hybridized carbons (Fsp3) is 0.222. The third-order valence-electron chi connectivity index (χ3n) is 3.51. The second-order valence-electron chi connectivity index (χ2n) is 5.35. The average molecular weight is 364 g/mol. The smallest absolute Gasteiger partial charge is 0.407 e. The van der Waals surface area contributed by atoms with Crippen LogP contribution < -0.4 is 5.32 Å². The molecule has 0 aliphatic carbocycles. The summed E-state index contributed by atoms with van der Waals surface area (Å²) in [5.41, 5.74) is 1.36. The SMILES string of the molecule is O=Cc1ccc(Cl)c(C(O)C(O)CNC(=O)OCc2ccccc2)c1.